The van der Waals surface area contributed by atoms with E-state index in [-0.39, 0.29) is 11.9 Å². The van der Waals surface area contributed by atoms with Crippen LogP contribution in [0.2, 0.25) is 0 Å². The second-order valence-corrected chi connectivity index (χ2v) is 4.87. The molecule has 1 unspecified atom stereocenters. The third-order valence-electron chi connectivity index (χ3n) is 3.47. The molecule has 2 nitrogen and oxygen atoms in total. The molecule has 0 aliphatic carbocycles. The highest BCUT2D eigenvalue weighted by atomic mass is 19.1. The number of fused-ring (bicyclic) bond motifs is 1. The second-order valence-electron chi connectivity index (χ2n) is 4.87. The Kier molecular flexibility index (Phi) is 3.22. The van der Waals surface area contributed by atoms with E-state index in [0.29, 0.717) is 18.7 Å². The smallest absolute Gasteiger partial charge is 0.126 e. The van der Waals surface area contributed by atoms with Crippen LogP contribution in [0.25, 0.3) is 0 Å². The minimum absolute atomic E-state index is 0.154. The molecule has 0 bridgehead atoms. The van der Waals surface area contributed by atoms with Gasteiger partial charge in [0.25, 0.3) is 0 Å². The van der Waals surface area contributed by atoms with Crippen molar-refractivity contribution >= 4 is 0 Å². The lowest BCUT2D eigenvalue weighted by Crippen LogP contribution is -2.22. The molecular weight excluding hydrogens is 241 g/mol. The molecule has 1 N–H and O–H groups in total. The number of hydrogen-bond donors (Lipinski definition) is 1. The van der Waals surface area contributed by atoms with Crippen molar-refractivity contribution in [3.63, 3.8) is 0 Å². The number of hydrogen-bond acceptors (Lipinski definition) is 2. The lowest BCUT2D eigenvalue weighted by molar-refractivity contribution is 0.310. The van der Waals surface area contributed by atoms with E-state index in [2.05, 4.69) is 11.4 Å². The maximum atomic E-state index is 13.2. The van der Waals surface area contributed by atoms with E-state index in [0.717, 1.165) is 11.3 Å². The van der Waals surface area contributed by atoms with E-state index in [4.69, 9.17) is 4.74 Å². The largest absolute Gasteiger partial charge is 0.491 e. The summed E-state index contributed by atoms with van der Waals surface area (Å²) in [6.07, 6.45) is 0. The third kappa shape index (κ3) is 2.47. The summed E-state index contributed by atoms with van der Waals surface area (Å²) in [7, 11) is 0. The molecule has 2 aromatic rings. The Morgan fingerprint density at radius 3 is 2.95 bits per heavy atom. The molecule has 0 fully saturated rings. The average molecular weight is 257 g/mol. The fourth-order valence-electron chi connectivity index (χ4n) is 2.39. The molecule has 1 heterocycles. The number of nitrogens with one attached hydrogen (secondary N) is 1. The monoisotopic (exact) mass is 257 g/mol. The van der Waals surface area contributed by atoms with Crippen molar-refractivity contribution in [3.05, 3.63) is 65.0 Å². The van der Waals surface area contributed by atoms with Crippen molar-refractivity contribution in [2.75, 3.05) is 6.61 Å². The van der Waals surface area contributed by atoms with Gasteiger partial charge in [-0.2, -0.15) is 0 Å². The molecule has 98 valence electrons. The first kappa shape index (κ1) is 12.2. The Morgan fingerprint density at radius 1 is 1.26 bits per heavy atom. The molecule has 1 atom stereocenters. The number of benzene rings is 2. The van der Waals surface area contributed by atoms with Gasteiger partial charge in [0.15, 0.2) is 0 Å². The van der Waals surface area contributed by atoms with E-state index in [1.54, 1.807) is 6.92 Å². The van der Waals surface area contributed by atoms with Crippen LogP contribution in [-0.2, 0) is 6.54 Å². The standard InChI is InChI=1S/C16H16FNO/c1-11-8-12(6-7-14(11)17)9-18-15-10-19-16-5-3-2-4-13(15)16/h2-8,15,18H,9-10H2,1H3. The van der Waals surface area contributed by atoms with Crippen LogP contribution in [0, 0.1) is 12.7 Å². The van der Waals surface area contributed by atoms with Crippen molar-refractivity contribution in [1.82, 2.24) is 5.32 Å². The van der Waals surface area contributed by atoms with Crippen LogP contribution in [0.1, 0.15) is 22.7 Å². The van der Waals surface area contributed by atoms with Gasteiger partial charge in [-0.05, 0) is 30.2 Å². The summed E-state index contributed by atoms with van der Waals surface area (Å²) in [6.45, 7) is 3.15. The Labute approximate surface area is 112 Å². The predicted molar refractivity (Wildman–Crippen MR) is 72.7 cm³/mol. The SMILES string of the molecule is Cc1cc(CNC2COc3ccccc32)ccc1F. The van der Waals surface area contributed by atoms with Crippen LogP contribution in [-0.4, -0.2) is 6.61 Å². The van der Waals surface area contributed by atoms with Crippen LogP contribution in [0.15, 0.2) is 42.5 Å². The second kappa shape index (κ2) is 5.02. The molecule has 0 radical (unpaired) electrons. The number of aryl methyl sites for hydroxylation is 1. The van der Waals surface area contributed by atoms with Crippen LogP contribution in [0.3, 0.4) is 0 Å². The predicted octanol–water partition coefficient (Wildman–Crippen LogP) is 3.36. The molecule has 0 aromatic heterocycles. The fraction of sp³-hybridized carbons (Fsp3) is 0.250. The number of rotatable bonds is 3. The molecular formula is C16H16FNO. The van der Waals surface area contributed by atoms with Crippen LogP contribution in [0.5, 0.6) is 5.75 Å². The van der Waals surface area contributed by atoms with Gasteiger partial charge in [-0.25, -0.2) is 4.39 Å². The molecule has 1 aliphatic rings. The first-order chi connectivity index (χ1) is 9.24. The van der Waals surface area contributed by atoms with Gasteiger partial charge in [-0.1, -0.05) is 30.3 Å². The van der Waals surface area contributed by atoms with Gasteiger partial charge in [0.05, 0.1) is 6.04 Å². The lowest BCUT2D eigenvalue weighted by Gasteiger charge is -2.12. The van der Waals surface area contributed by atoms with Gasteiger partial charge >= 0.3 is 0 Å². The molecule has 19 heavy (non-hydrogen) atoms. The van der Waals surface area contributed by atoms with Crippen LogP contribution >= 0.6 is 0 Å². The molecule has 0 saturated carbocycles. The quantitative estimate of drug-likeness (QED) is 0.910. The summed E-state index contributed by atoms with van der Waals surface area (Å²) >= 11 is 0. The molecule has 3 heteroatoms. The van der Waals surface area contributed by atoms with Gasteiger partial charge in [-0.3, -0.25) is 0 Å². The van der Waals surface area contributed by atoms with Gasteiger partial charge in [0, 0.05) is 12.1 Å². The zero-order valence-corrected chi connectivity index (χ0v) is 10.8. The minimum Gasteiger partial charge on any atom is -0.491 e. The van der Waals surface area contributed by atoms with Gasteiger partial charge in [0.1, 0.15) is 18.2 Å². The van der Waals surface area contributed by atoms with Crippen molar-refractivity contribution in [1.29, 1.82) is 0 Å². The third-order valence-corrected chi connectivity index (χ3v) is 3.47. The molecule has 1 aliphatic heterocycles. The first-order valence-corrected chi connectivity index (χ1v) is 6.44. The van der Waals surface area contributed by atoms with E-state index >= 15 is 0 Å². The molecule has 0 amide bonds. The summed E-state index contributed by atoms with van der Waals surface area (Å²) in [6, 6.07) is 13.5. The highest BCUT2D eigenvalue weighted by Crippen LogP contribution is 2.31. The summed E-state index contributed by atoms with van der Waals surface area (Å²) in [5, 5.41) is 3.45. The molecule has 2 aromatic carbocycles. The summed E-state index contributed by atoms with van der Waals surface area (Å²) in [5.74, 6) is 0.800. The molecule has 3 rings (SSSR count). The van der Waals surface area contributed by atoms with Crippen LogP contribution < -0.4 is 10.1 Å². The Morgan fingerprint density at radius 2 is 2.11 bits per heavy atom. The molecule has 0 spiro atoms. The van der Waals surface area contributed by atoms with E-state index in [1.807, 2.05) is 30.3 Å². The Bertz CT molecular complexity index is 597. The average Bonchev–Trinajstić information content (AvgIpc) is 2.83. The Balaban J connectivity index is 1.69. The van der Waals surface area contributed by atoms with Crippen LogP contribution in [0.4, 0.5) is 4.39 Å². The Hall–Kier alpha value is -1.87. The van der Waals surface area contributed by atoms with Crippen molar-refractivity contribution < 1.29 is 9.13 Å². The lowest BCUT2D eigenvalue weighted by atomic mass is 10.1. The molecule has 0 saturated heterocycles. The van der Waals surface area contributed by atoms with Gasteiger partial charge in [-0.15, -0.1) is 0 Å². The highest BCUT2D eigenvalue weighted by Gasteiger charge is 2.22. The van der Waals surface area contributed by atoms with Gasteiger partial charge < -0.3 is 10.1 Å². The zero-order valence-electron chi connectivity index (χ0n) is 10.8. The maximum Gasteiger partial charge on any atom is 0.126 e. The van der Waals surface area contributed by atoms with Crippen molar-refractivity contribution in [3.8, 4) is 5.75 Å². The fourth-order valence-corrected chi connectivity index (χ4v) is 2.39. The van der Waals surface area contributed by atoms with E-state index in [9.17, 15) is 4.39 Å². The topological polar surface area (TPSA) is 21.3 Å². The zero-order chi connectivity index (χ0) is 13.2. The van der Waals surface area contributed by atoms with E-state index < -0.39 is 0 Å². The normalized spacial score (nSPS) is 17.1. The van der Waals surface area contributed by atoms with Crippen molar-refractivity contribution in [2.24, 2.45) is 0 Å². The van der Waals surface area contributed by atoms with E-state index in [1.165, 1.54) is 11.6 Å². The minimum atomic E-state index is -0.154. The number of para-hydroxylation sites is 1. The maximum absolute atomic E-state index is 13.2. The summed E-state index contributed by atoms with van der Waals surface area (Å²) in [4.78, 5) is 0. The first-order valence-electron chi connectivity index (χ1n) is 6.44. The summed E-state index contributed by atoms with van der Waals surface area (Å²) < 4.78 is 18.8. The van der Waals surface area contributed by atoms with Crippen molar-refractivity contribution in [2.45, 2.75) is 19.5 Å². The summed E-state index contributed by atoms with van der Waals surface area (Å²) in [5.41, 5.74) is 2.96. The van der Waals surface area contributed by atoms with Gasteiger partial charge in [0.2, 0.25) is 0 Å². The highest BCUT2D eigenvalue weighted by molar-refractivity contribution is 5.39. The number of ether oxygens (including phenoxy) is 1. The number of halogens is 1.